The van der Waals surface area contributed by atoms with E-state index in [1.807, 2.05) is 12.1 Å². The van der Waals surface area contributed by atoms with Crippen LogP contribution in [0.2, 0.25) is 0 Å². The van der Waals surface area contributed by atoms with Gasteiger partial charge in [0.25, 0.3) is 0 Å². The van der Waals surface area contributed by atoms with E-state index < -0.39 is 6.10 Å². The van der Waals surface area contributed by atoms with Crippen LogP contribution in [0.5, 0.6) is 0 Å². The second-order valence-corrected chi connectivity index (χ2v) is 4.96. The molecule has 0 fully saturated rings. The maximum Gasteiger partial charge on any atom is 0.0845 e. The summed E-state index contributed by atoms with van der Waals surface area (Å²) in [7, 11) is 0. The normalized spacial score (nSPS) is 15.4. The number of aromatic nitrogens is 1. The van der Waals surface area contributed by atoms with E-state index in [1.165, 1.54) is 36.0 Å². The van der Waals surface area contributed by atoms with E-state index in [9.17, 15) is 5.11 Å². The predicted octanol–water partition coefficient (Wildman–Crippen LogP) is 2.85. The van der Waals surface area contributed by atoms with Gasteiger partial charge in [0, 0.05) is 18.8 Å². The molecule has 1 atom stereocenters. The van der Waals surface area contributed by atoms with E-state index in [1.54, 1.807) is 12.4 Å². The molecular weight excluding hydrogens is 222 g/mol. The Morgan fingerprint density at radius 2 is 2.06 bits per heavy atom. The van der Waals surface area contributed by atoms with Gasteiger partial charge in [0.2, 0.25) is 0 Å². The predicted molar refractivity (Wildman–Crippen MR) is 71.4 cm³/mol. The van der Waals surface area contributed by atoms with Gasteiger partial charge in [0.15, 0.2) is 0 Å². The number of aryl methyl sites for hydroxylation is 2. The number of aliphatic hydroxyl groups is 1. The van der Waals surface area contributed by atoms with Crippen molar-refractivity contribution >= 4 is 0 Å². The summed E-state index contributed by atoms with van der Waals surface area (Å²) in [5.41, 5.74) is 5.05. The van der Waals surface area contributed by atoms with Crippen LogP contribution in [0.3, 0.4) is 0 Å². The number of hydrogen-bond donors (Lipinski definition) is 1. The van der Waals surface area contributed by atoms with E-state index in [-0.39, 0.29) is 0 Å². The fourth-order valence-electron chi connectivity index (χ4n) is 2.67. The summed E-state index contributed by atoms with van der Waals surface area (Å²) >= 11 is 0. The van der Waals surface area contributed by atoms with E-state index in [0.29, 0.717) is 6.42 Å². The lowest BCUT2D eigenvalue weighted by molar-refractivity contribution is 0.178. The van der Waals surface area contributed by atoms with Crippen molar-refractivity contribution in [1.82, 2.24) is 4.98 Å². The molecule has 0 saturated heterocycles. The number of rotatable bonds is 3. The third-order valence-electron chi connectivity index (χ3n) is 3.66. The smallest absolute Gasteiger partial charge is 0.0845 e. The zero-order valence-corrected chi connectivity index (χ0v) is 10.3. The summed E-state index contributed by atoms with van der Waals surface area (Å²) in [6.07, 6.45) is 7.33. The van der Waals surface area contributed by atoms with Gasteiger partial charge in [-0.25, -0.2) is 0 Å². The highest BCUT2D eigenvalue weighted by Gasteiger charge is 2.13. The Labute approximate surface area is 107 Å². The molecule has 1 aliphatic carbocycles. The molecule has 3 rings (SSSR count). The number of hydrogen-bond acceptors (Lipinski definition) is 2. The van der Waals surface area contributed by atoms with Crippen molar-refractivity contribution in [1.29, 1.82) is 0 Å². The summed E-state index contributed by atoms with van der Waals surface area (Å²) in [6, 6.07) is 10.4. The number of nitrogens with zero attached hydrogens (tertiary/aromatic N) is 1. The molecular formula is C16H17NO. The molecule has 18 heavy (non-hydrogen) atoms. The van der Waals surface area contributed by atoms with Gasteiger partial charge in [-0.1, -0.05) is 24.3 Å². The SMILES string of the molecule is OC(Cc1ccc2c(c1)CCC2)c1cccnc1. The van der Waals surface area contributed by atoms with Crippen LogP contribution < -0.4 is 0 Å². The third-order valence-corrected chi connectivity index (χ3v) is 3.66. The zero-order valence-electron chi connectivity index (χ0n) is 10.3. The van der Waals surface area contributed by atoms with Crippen molar-refractivity contribution in [3.63, 3.8) is 0 Å². The Kier molecular flexibility index (Phi) is 3.11. The van der Waals surface area contributed by atoms with Crippen LogP contribution in [-0.2, 0) is 19.3 Å². The van der Waals surface area contributed by atoms with Crippen LogP contribution in [0.15, 0.2) is 42.7 Å². The number of fused-ring (bicyclic) bond motifs is 1. The number of pyridine rings is 1. The van der Waals surface area contributed by atoms with E-state index in [2.05, 4.69) is 23.2 Å². The van der Waals surface area contributed by atoms with Crippen LogP contribution in [-0.4, -0.2) is 10.1 Å². The van der Waals surface area contributed by atoms with Gasteiger partial charge in [-0.15, -0.1) is 0 Å². The zero-order chi connectivity index (χ0) is 12.4. The van der Waals surface area contributed by atoms with Crippen molar-refractivity contribution < 1.29 is 5.11 Å². The molecule has 2 aromatic rings. The van der Waals surface area contributed by atoms with Crippen LogP contribution in [0.1, 0.15) is 34.8 Å². The van der Waals surface area contributed by atoms with Gasteiger partial charge in [0.1, 0.15) is 0 Å². The Morgan fingerprint density at radius 1 is 1.17 bits per heavy atom. The van der Waals surface area contributed by atoms with Gasteiger partial charge >= 0.3 is 0 Å². The first-order chi connectivity index (χ1) is 8.83. The molecule has 0 amide bonds. The van der Waals surface area contributed by atoms with Gasteiger partial charge < -0.3 is 5.11 Å². The molecule has 0 saturated carbocycles. The van der Waals surface area contributed by atoms with Gasteiger partial charge in [-0.2, -0.15) is 0 Å². The number of aliphatic hydroxyl groups excluding tert-OH is 1. The van der Waals surface area contributed by atoms with Crippen LogP contribution in [0.4, 0.5) is 0 Å². The molecule has 0 radical (unpaired) electrons. The van der Waals surface area contributed by atoms with Crippen molar-refractivity contribution in [2.24, 2.45) is 0 Å². The Bertz CT molecular complexity index is 536. The Balaban J connectivity index is 1.77. The topological polar surface area (TPSA) is 33.1 Å². The monoisotopic (exact) mass is 239 g/mol. The lowest BCUT2D eigenvalue weighted by atomic mass is 9.99. The van der Waals surface area contributed by atoms with Crippen LogP contribution in [0.25, 0.3) is 0 Å². The highest BCUT2D eigenvalue weighted by Crippen LogP contribution is 2.25. The summed E-state index contributed by atoms with van der Waals surface area (Å²) < 4.78 is 0. The van der Waals surface area contributed by atoms with Crippen LogP contribution >= 0.6 is 0 Å². The fourth-order valence-corrected chi connectivity index (χ4v) is 2.67. The largest absolute Gasteiger partial charge is 0.388 e. The fraction of sp³-hybridized carbons (Fsp3) is 0.312. The first kappa shape index (κ1) is 11.4. The average Bonchev–Trinajstić information content (AvgIpc) is 2.87. The van der Waals surface area contributed by atoms with E-state index in [0.717, 1.165) is 5.56 Å². The van der Waals surface area contributed by atoms with Crippen molar-refractivity contribution in [2.45, 2.75) is 31.8 Å². The molecule has 1 aromatic heterocycles. The van der Waals surface area contributed by atoms with Crippen molar-refractivity contribution in [3.8, 4) is 0 Å². The maximum atomic E-state index is 10.2. The molecule has 2 heteroatoms. The Morgan fingerprint density at radius 3 is 2.89 bits per heavy atom. The minimum atomic E-state index is -0.460. The maximum absolute atomic E-state index is 10.2. The van der Waals surface area contributed by atoms with Crippen molar-refractivity contribution in [2.75, 3.05) is 0 Å². The highest BCUT2D eigenvalue weighted by atomic mass is 16.3. The van der Waals surface area contributed by atoms with Gasteiger partial charge in [0.05, 0.1) is 6.10 Å². The molecule has 0 spiro atoms. The molecule has 0 aliphatic heterocycles. The first-order valence-corrected chi connectivity index (χ1v) is 6.51. The van der Waals surface area contributed by atoms with Crippen LogP contribution in [0, 0.1) is 0 Å². The molecule has 1 aliphatic rings. The molecule has 1 N–H and O–H groups in total. The standard InChI is InChI=1S/C16H17NO/c18-16(15-5-2-8-17-11-15)10-12-6-7-13-3-1-4-14(13)9-12/h2,5-9,11,16,18H,1,3-4,10H2. The lowest BCUT2D eigenvalue weighted by Gasteiger charge is -2.11. The van der Waals surface area contributed by atoms with Gasteiger partial charge in [-0.05, 0) is 47.6 Å². The molecule has 2 nitrogen and oxygen atoms in total. The lowest BCUT2D eigenvalue weighted by Crippen LogP contribution is -2.02. The first-order valence-electron chi connectivity index (χ1n) is 6.51. The molecule has 1 heterocycles. The highest BCUT2D eigenvalue weighted by molar-refractivity contribution is 5.35. The number of benzene rings is 1. The second-order valence-electron chi connectivity index (χ2n) is 4.96. The molecule has 92 valence electrons. The second kappa shape index (κ2) is 4.91. The summed E-state index contributed by atoms with van der Waals surface area (Å²) in [5.74, 6) is 0. The Hall–Kier alpha value is -1.67. The third kappa shape index (κ3) is 2.29. The quantitative estimate of drug-likeness (QED) is 0.893. The van der Waals surface area contributed by atoms with E-state index >= 15 is 0 Å². The average molecular weight is 239 g/mol. The summed E-state index contributed by atoms with van der Waals surface area (Å²) in [6.45, 7) is 0. The molecule has 1 aromatic carbocycles. The van der Waals surface area contributed by atoms with E-state index in [4.69, 9.17) is 0 Å². The molecule has 1 unspecified atom stereocenters. The van der Waals surface area contributed by atoms with Gasteiger partial charge in [-0.3, -0.25) is 4.98 Å². The molecule has 0 bridgehead atoms. The summed E-state index contributed by atoms with van der Waals surface area (Å²) in [5, 5.41) is 10.2. The summed E-state index contributed by atoms with van der Waals surface area (Å²) in [4.78, 5) is 4.05. The van der Waals surface area contributed by atoms with Crippen molar-refractivity contribution in [3.05, 3.63) is 65.0 Å². The minimum absolute atomic E-state index is 0.460. The minimum Gasteiger partial charge on any atom is -0.388 e.